The normalized spacial score (nSPS) is 17.1. The first-order valence-corrected chi connectivity index (χ1v) is 10.3. The zero-order chi connectivity index (χ0) is 23.5. The molecule has 1 amide bonds. The maximum absolute atomic E-state index is 13.2. The molecular weight excluding hydrogens is 420 g/mol. The van der Waals surface area contributed by atoms with Crippen LogP contribution in [0, 0.1) is 11.3 Å². The highest BCUT2D eigenvalue weighted by Gasteiger charge is 2.47. The Kier molecular flexibility index (Phi) is 5.83. The van der Waals surface area contributed by atoms with Crippen LogP contribution in [0.25, 0.3) is 5.76 Å². The molecule has 0 aliphatic carbocycles. The average Bonchev–Trinajstić information content (AvgIpc) is 3.11. The van der Waals surface area contributed by atoms with Crippen LogP contribution in [-0.4, -0.2) is 28.5 Å². The van der Waals surface area contributed by atoms with E-state index in [9.17, 15) is 19.8 Å². The molecule has 164 valence electrons. The molecule has 1 aliphatic heterocycles. The average molecular weight is 440 g/mol. The summed E-state index contributed by atoms with van der Waals surface area (Å²) in [6, 6.07) is 20.3. The quantitative estimate of drug-likeness (QED) is 0.348. The van der Waals surface area contributed by atoms with E-state index >= 15 is 0 Å². The van der Waals surface area contributed by atoms with Crippen LogP contribution in [0.4, 0.5) is 5.69 Å². The van der Waals surface area contributed by atoms with Crippen molar-refractivity contribution < 1.29 is 24.5 Å². The molecule has 1 atom stereocenters. The maximum atomic E-state index is 13.2. The van der Waals surface area contributed by atoms with Crippen LogP contribution in [0.5, 0.6) is 11.5 Å². The van der Waals surface area contributed by atoms with Gasteiger partial charge in [-0.05, 0) is 48.9 Å². The Hall–Kier alpha value is -4.57. The fraction of sp³-hybridized carbons (Fsp3) is 0.115. The molecule has 1 aliphatic rings. The molecule has 4 rings (SSSR count). The van der Waals surface area contributed by atoms with Crippen LogP contribution in [-0.2, 0) is 9.59 Å². The van der Waals surface area contributed by atoms with Crippen molar-refractivity contribution in [1.82, 2.24) is 0 Å². The van der Waals surface area contributed by atoms with Gasteiger partial charge in [0.1, 0.15) is 5.76 Å². The smallest absolute Gasteiger partial charge is 0.300 e. The minimum Gasteiger partial charge on any atom is -0.507 e. The number of ketones is 1. The molecule has 33 heavy (non-hydrogen) atoms. The predicted octanol–water partition coefficient (Wildman–Crippen LogP) is 4.29. The van der Waals surface area contributed by atoms with E-state index < -0.39 is 17.7 Å². The van der Waals surface area contributed by atoms with Gasteiger partial charge in [0.05, 0.1) is 29.9 Å². The van der Waals surface area contributed by atoms with E-state index in [0.717, 1.165) is 0 Å². The van der Waals surface area contributed by atoms with E-state index in [1.54, 1.807) is 73.7 Å². The van der Waals surface area contributed by atoms with E-state index in [1.165, 1.54) is 11.0 Å². The number of hydrogen-bond donors (Lipinski definition) is 2. The molecule has 1 unspecified atom stereocenters. The van der Waals surface area contributed by atoms with Gasteiger partial charge in [0.15, 0.2) is 11.5 Å². The molecule has 1 fully saturated rings. The lowest BCUT2D eigenvalue weighted by molar-refractivity contribution is -0.132. The Morgan fingerprint density at radius 3 is 2.39 bits per heavy atom. The zero-order valence-electron chi connectivity index (χ0n) is 17.7. The van der Waals surface area contributed by atoms with Gasteiger partial charge in [-0.25, -0.2) is 0 Å². The van der Waals surface area contributed by atoms with Crippen LogP contribution < -0.4 is 9.64 Å². The van der Waals surface area contributed by atoms with Crippen molar-refractivity contribution in [3.63, 3.8) is 0 Å². The zero-order valence-corrected chi connectivity index (χ0v) is 17.7. The van der Waals surface area contributed by atoms with E-state index in [1.807, 2.05) is 6.07 Å². The summed E-state index contributed by atoms with van der Waals surface area (Å²) in [6.45, 7) is 2.07. The number of carbonyl (C=O) groups is 2. The number of ether oxygens (including phenoxy) is 1. The molecule has 0 bridgehead atoms. The number of rotatable bonds is 5. The fourth-order valence-corrected chi connectivity index (χ4v) is 3.83. The van der Waals surface area contributed by atoms with Crippen molar-refractivity contribution in [3.05, 3.63) is 95.1 Å². The number of aromatic hydroxyl groups is 1. The van der Waals surface area contributed by atoms with Crippen LogP contribution in [0.2, 0.25) is 0 Å². The van der Waals surface area contributed by atoms with Gasteiger partial charge < -0.3 is 14.9 Å². The molecule has 2 N–H and O–H groups in total. The number of anilines is 1. The standard InChI is InChI=1S/C26H20N2O5/c1-2-33-21-14-18(10-13-20(21)29)23-22(24(30)17-6-4-3-5-7-17)25(31)26(32)28(23)19-11-8-16(15-27)9-12-19/h3-14,23,29-30H,2H2,1H3/b24-22-. The SMILES string of the molecule is CCOc1cc(C2/C(=C(/O)c3ccccc3)C(=O)C(=O)N2c2ccc(C#N)cc2)ccc1O. The van der Waals surface area contributed by atoms with Crippen LogP contribution >= 0.6 is 0 Å². The Morgan fingerprint density at radius 2 is 1.76 bits per heavy atom. The van der Waals surface area contributed by atoms with Gasteiger partial charge in [0, 0.05) is 11.3 Å². The molecule has 0 aromatic heterocycles. The second-order valence-electron chi connectivity index (χ2n) is 7.35. The number of nitrogens with zero attached hydrogens (tertiary/aromatic N) is 2. The highest BCUT2D eigenvalue weighted by Crippen LogP contribution is 2.44. The summed E-state index contributed by atoms with van der Waals surface area (Å²) in [4.78, 5) is 27.6. The summed E-state index contributed by atoms with van der Waals surface area (Å²) in [5.41, 5.74) is 1.57. The van der Waals surface area contributed by atoms with E-state index in [-0.39, 0.29) is 22.8 Å². The van der Waals surface area contributed by atoms with Gasteiger partial charge in [-0.3, -0.25) is 14.5 Å². The highest BCUT2D eigenvalue weighted by atomic mass is 16.5. The van der Waals surface area contributed by atoms with Gasteiger partial charge in [-0.15, -0.1) is 0 Å². The van der Waals surface area contributed by atoms with Gasteiger partial charge in [-0.2, -0.15) is 5.26 Å². The number of phenols is 1. The lowest BCUT2D eigenvalue weighted by Crippen LogP contribution is -2.29. The first kappa shape index (κ1) is 21.7. The van der Waals surface area contributed by atoms with Gasteiger partial charge >= 0.3 is 0 Å². The second-order valence-corrected chi connectivity index (χ2v) is 7.35. The number of carbonyl (C=O) groups excluding carboxylic acids is 2. The Bertz CT molecular complexity index is 1290. The number of Topliss-reactive ketones (excluding diaryl/α,β-unsaturated/α-hetero) is 1. The van der Waals surface area contributed by atoms with Crippen molar-refractivity contribution in [2.24, 2.45) is 0 Å². The lowest BCUT2D eigenvalue weighted by atomic mass is 9.94. The highest BCUT2D eigenvalue weighted by molar-refractivity contribution is 6.51. The minimum atomic E-state index is -0.974. The Morgan fingerprint density at radius 1 is 1.06 bits per heavy atom. The maximum Gasteiger partial charge on any atom is 0.300 e. The summed E-state index contributed by atoms with van der Waals surface area (Å²) < 4.78 is 5.49. The number of hydrogen-bond acceptors (Lipinski definition) is 6. The fourth-order valence-electron chi connectivity index (χ4n) is 3.83. The van der Waals surface area contributed by atoms with Crippen molar-refractivity contribution in [2.75, 3.05) is 11.5 Å². The largest absolute Gasteiger partial charge is 0.507 e. The topological polar surface area (TPSA) is 111 Å². The summed E-state index contributed by atoms with van der Waals surface area (Å²) in [5.74, 6) is -1.84. The van der Waals surface area contributed by atoms with Crippen LogP contribution in [0.1, 0.15) is 29.7 Å². The second kappa shape index (κ2) is 8.89. The summed E-state index contributed by atoms with van der Waals surface area (Å²) in [5, 5.41) is 30.3. The first-order valence-electron chi connectivity index (χ1n) is 10.3. The summed E-state index contributed by atoms with van der Waals surface area (Å²) in [6.07, 6.45) is 0. The third kappa shape index (κ3) is 3.90. The molecule has 0 saturated carbocycles. The van der Waals surface area contributed by atoms with E-state index in [0.29, 0.717) is 29.0 Å². The molecule has 3 aromatic rings. The van der Waals surface area contributed by atoms with E-state index in [4.69, 9.17) is 10.00 Å². The van der Waals surface area contributed by atoms with Crippen molar-refractivity contribution in [3.8, 4) is 17.6 Å². The molecule has 0 spiro atoms. The molecular formula is C26H20N2O5. The van der Waals surface area contributed by atoms with Gasteiger partial charge in [0.25, 0.3) is 11.7 Å². The number of benzene rings is 3. The number of amides is 1. The summed E-state index contributed by atoms with van der Waals surface area (Å²) in [7, 11) is 0. The van der Waals surface area contributed by atoms with E-state index in [2.05, 4.69) is 0 Å². The van der Waals surface area contributed by atoms with Crippen LogP contribution in [0.15, 0.2) is 78.4 Å². The number of aliphatic hydroxyl groups excluding tert-OH is 1. The monoisotopic (exact) mass is 440 g/mol. The molecule has 1 saturated heterocycles. The van der Waals surface area contributed by atoms with Crippen molar-refractivity contribution in [2.45, 2.75) is 13.0 Å². The number of phenolic OH excluding ortho intramolecular Hbond substituents is 1. The predicted molar refractivity (Wildman–Crippen MR) is 122 cm³/mol. The number of aliphatic hydroxyl groups is 1. The number of nitriles is 1. The molecule has 7 nitrogen and oxygen atoms in total. The molecule has 1 heterocycles. The minimum absolute atomic E-state index is 0.0799. The van der Waals surface area contributed by atoms with Gasteiger partial charge in [0.2, 0.25) is 0 Å². The van der Waals surface area contributed by atoms with Crippen molar-refractivity contribution in [1.29, 1.82) is 5.26 Å². The first-order chi connectivity index (χ1) is 16.0. The van der Waals surface area contributed by atoms with Gasteiger partial charge in [-0.1, -0.05) is 36.4 Å². The third-order valence-electron chi connectivity index (χ3n) is 5.37. The molecule has 0 radical (unpaired) electrons. The molecule has 3 aromatic carbocycles. The third-order valence-corrected chi connectivity index (χ3v) is 5.37. The van der Waals surface area contributed by atoms with Crippen LogP contribution in [0.3, 0.4) is 0 Å². The molecule has 7 heteroatoms. The lowest BCUT2D eigenvalue weighted by Gasteiger charge is -2.26. The summed E-state index contributed by atoms with van der Waals surface area (Å²) >= 11 is 0. The van der Waals surface area contributed by atoms with Crippen molar-refractivity contribution >= 4 is 23.1 Å². The Labute approximate surface area is 190 Å². The Balaban J connectivity index is 1.95.